The molecule has 2 fully saturated rings. The van der Waals surface area contributed by atoms with Crippen LogP contribution >= 0.6 is 31.9 Å². The Bertz CT molecular complexity index is 2690. The van der Waals surface area contributed by atoms with Crippen LogP contribution < -0.4 is 24.2 Å². The van der Waals surface area contributed by atoms with E-state index in [4.69, 9.17) is 22.0 Å². The first-order valence-electron chi connectivity index (χ1n) is 21.5. The van der Waals surface area contributed by atoms with Crippen LogP contribution in [0.15, 0.2) is 157 Å². The molecule has 1 saturated heterocycles. The number of thiocarbonyl (C=S) groups is 1. The lowest BCUT2D eigenvalue weighted by Crippen LogP contribution is -2.44. The molecule has 2 aliphatic heterocycles. The first-order valence-corrected chi connectivity index (χ1v) is 24.5. The Kier molecular flexibility index (Phi) is 12.9. The van der Waals surface area contributed by atoms with E-state index in [0.717, 1.165) is 35.1 Å². The molecule has 64 heavy (non-hydrogen) atoms. The highest BCUT2D eigenvalue weighted by molar-refractivity contribution is 8.26. The number of anilines is 2. The smallest absolute Gasteiger partial charge is 0.266 e. The van der Waals surface area contributed by atoms with Crippen LogP contribution in [0.3, 0.4) is 0 Å². The van der Waals surface area contributed by atoms with Crippen LogP contribution in [0.25, 0.3) is 28.9 Å². The Morgan fingerprint density at radius 1 is 0.812 bits per heavy atom. The molecule has 2 unspecified atom stereocenters. The van der Waals surface area contributed by atoms with Gasteiger partial charge in [-0.25, -0.2) is 18.9 Å². The normalized spacial score (nSPS) is 17.5. The second-order valence-electron chi connectivity index (χ2n) is 16.3. The van der Waals surface area contributed by atoms with Crippen LogP contribution in [0.5, 0.6) is 0 Å². The van der Waals surface area contributed by atoms with E-state index >= 15 is 0 Å². The van der Waals surface area contributed by atoms with Gasteiger partial charge in [-0.15, -0.1) is 0 Å². The van der Waals surface area contributed by atoms with Gasteiger partial charge >= 0.3 is 0 Å². The standard InChI is InChI=1S/C51H46N5O5PS2/c57-49(52-24-29-53-25-20-38(21-26-53)39-22-27-54(28-23-39)30-31-62(59,60)61)35-55-50(58)48(64-51(55)63)34-37-16-19-47-45(33-37)43-12-7-13-46(43)56(47)42-17-14-36(15-18-42)32-44(40-8-3-1-4-9-40)41-10-5-2-6-11-41/h1-6,8-11,14-23,25-28,32-34,43,46H,7,12-13,24,29-31,35H2,(H-2,52,57,59,60,61)/p+2/b48-34-. The molecular formula is C51H48N5O5PS2+2. The van der Waals surface area contributed by atoms with Crippen LogP contribution in [0, 0.1) is 0 Å². The lowest BCUT2D eigenvalue weighted by Gasteiger charge is -2.27. The van der Waals surface area contributed by atoms with Gasteiger partial charge in [0.2, 0.25) is 13.9 Å². The predicted octanol–water partition coefficient (Wildman–Crippen LogP) is 7.43. The van der Waals surface area contributed by atoms with Crippen LogP contribution in [-0.4, -0.2) is 56.1 Å². The number of aryl methyl sites for hydroxylation is 1. The summed E-state index contributed by atoms with van der Waals surface area (Å²) in [7, 11) is -4.06. The van der Waals surface area contributed by atoms with E-state index in [-0.39, 0.29) is 31.1 Å². The maximum Gasteiger partial charge on any atom is 0.266 e. The van der Waals surface area contributed by atoms with E-state index in [1.807, 2.05) is 59.4 Å². The van der Waals surface area contributed by atoms with Crippen LogP contribution in [-0.2, 0) is 22.7 Å². The average Bonchev–Trinajstić information content (AvgIpc) is 3.98. The van der Waals surface area contributed by atoms with Crippen molar-refractivity contribution in [3.8, 4) is 11.1 Å². The lowest BCUT2D eigenvalue weighted by atomic mass is 9.95. The van der Waals surface area contributed by atoms with Gasteiger partial charge in [0.15, 0.2) is 44.0 Å². The maximum absolute atomic E-state index is 13.6. The first kappa shape index (κ1) is 43.4. The van der Waals surface area contributed by atoms with Crippen molar-refractivity contribution in [2.75, 3.05) is 24.2 Å². The largest absolute Gasteiger partial charge is 0.632 e. The molecule has 9 rings (SSSR count). The number of fused-ring (bicyclic) bond motifs is 3. The molecule has 4 heterocycles. The number of aromatic nitrogens is 2. The molecule has 13 heteroatoms. The molecular weight excluding hydrogens is 858 g/mol. The van der Waals surface area contributed by atoms with E-state index in [0.29, 0.717) is 34.3 Å². The molecule has 0 radical (unpaired) electrons. The van der Waals surface area contributed by atoms with Crippen molar-refractivity contribution in [2.24, 2.45) is 0 Å². The monoisotopic (exact) mass is 905 g/mol. The zero-order valence-corrected chi connectivity index (χ0v) is 37.6. The number of pyridine rings is 2. The van der Waals surface area contributed by atoms with Gasteiger partial charge in [0.1, 0.15) is 10.9 Å². The average molecular weight is 906 g/mol. The highest BCUT2D eigenvalue weighted by Crippen LogP contribution is 2.52. The summed E-state index contributed by atoms with van der Waals surface area (Å²) in [5.74, 6) is -0.137. The van der Waals surface area contributed by atoms with Crippen molar-refractivity contribution < 1.29 is 33.4 Å². The summed E-state index contributed by atoms with van der Waals surface area (Å²) >= 11 is 6.83. The van der Waals surface area contributed by atoms with E-state index in [1.165, 1.54) is 56.7 Å². The number of thioether (sulfide) groups is 1. The van der Waals surface area contributed by atoms with E-state index < -0.39 is 7.94 Å². The second kappa shape index (κ2) is 19.1. The summed E-state index contributed by atoms with van der Waals surface area (Å²) in [6, 6.07) is 44.6. The molecule has 2 atom stereocenters. The fourth-order valence-electron chi connectivity index (χ4n) is 8.92. The van der Waals surface area contributed by atoms with Crippen LogP contribution in [0.2, 0.25) is 0 Å². The SMILES string of the molecule is O=C(CN1C(=O)/C(=C/c2ccc3c(c2)C2CCCC2N3c2ccc(C=C(c3ccccc3)c3ccccc3)cc2)SC1=S)NCC[n+]1ccc(-c2cc[n+](CC[P+]([O-])(O)O)cc2)cc1. The number of carbonyl (C=O) groups is 2. The van der Waals surface area contributed by atoms with Gasteiger partial charge in [0.05, 0.1) is 11.4 Å². The Morgan fingerprint density at radius 3 is 2.05 bits per heavy atom. The third-order valence-electron chi connectivity index (χ3n) is 12.1. The molecule has 4 aromatic carbocycles. The zero-order chi connectivity index (χ0) is 44.2. The number of rotatable bonds is 14. The fraction of sp³-hybridized carbons (Fsp3) is 0.196. The molecule has 6 aromatic rings. The van der Waals surface area contributed by atoms with E-state index in [2.05, 4.69) is 107 Å². The summed E-state index contributed by atoms with van der Waals surface area (Å²) in [6.45, 7) is 0.993. The molecule has 322 valence electrons. The molecule has 2 amide bonds. The number of amides is 2. The second-order valence-corrected chi connectivity index (χ2v) is 19.8. The molecule has 3 aliphatic rings. The summed E-state index contributed by atoms with van der Waals surface area (Å²) in [6.07, 6.45) is 14.8. The Labute approximate surface area is 383 Å². The fourth-order valence-corrected chi connectivity index (χ4v) is 10.7. The number of nitrogens with zero attached hydrogens (tertiary/aromatic N) is 4. The van der Waals surface area contributed by atoms with Gasteiger partial charge in [-0.2, -0.15) is 0 Å². The first-order chi connectivity index (χ1) is 31.1. The number of carbonyl (C=O) groups excluding carboxylic acids is 2. The molecule has 0 bridgehead atoms. The number of nitrogens with one attached hydrogen (secondary N) is 1. The van der Waals surface area contributed by atoms with Crippen LogP contribution in [0.4, 0.5) is 11.4 Å². The van der Waals surface area contributed by atoms with Crippen molar-refractivity contribution >= 4 is 77.2 Å². The molecule has 10 nitrogen and oxygen atoms in total. The van der Waals surface area contributed by atoms with Crippen molar-refractivity contribution in [3.05, 3.63) is 185 Å². The molecule has 3 N–H and O–H groups in total. The summed E-state index contributed by atoms with van der Waals surface area (Å²) in [4.78, 5) is 60.5. The van der Waals surface area contributed by atoms with E-state index in [1.54, 1.807) is 17.0 Å². The summed E-state index contributed by atoms with van der Waals surface area (Å²) < 4.78 is 4.07. The van der Waals surface area contributed by atoms with Gasteiger partial charge in [-0.05, 0) is 93.8 Å². The quantitative estimate of drug-likeness (QED) is 0.0340. The summed E-state index contributed by atoms with van der Waals surface area (Å²) in [5.41, 5.74) is 11.3. The highest BCUT2D eigenvalue weighted by Gasteiger charge is 2.42. The van der Waals surface area contributed by atoms with Gasteiger partial charge in [-0.3, -0.25) is 14.5 Å². The van der Waals surface area contributed by atoms with E-state index in [9.17, 15) is 14.5 Å². The Balaban J connectivity index is 0.817. The summed E-state index contributed by atoms with van der Waals surface area (Å²) in [5, 5.41) is 2.92. The van der Waals surface area contributed by atoms with Crippen molar-refractivity contribution in [1.29, 1.82) is 0 Å². The molecule has 2 aromatic heterocycles. The third-order valence-corrected chi connectivity index (χ3v) is 14.3. The Morgan fingerprint density at radius 2 is 1.42 bits per heavy atom. The minimum atomic E-state index is -4.06. The third kappa shape index (κ3) is 9.93. The zero-order valence-electron chi connectivity index (χ0n) is 35.1. The molecule has 1 aliphatic carbocycles. The molecule has 1 saturated carbocycles. The number of hydrogen-bond donors (Lipinski definition) is 3. The number of benzene rings is 4. The van der Waals surface area contributed by atoms with Gasteiger partial charge in [0.25, 0.3) is 5.91 Å². The minimum Gasteiger partial charge on any atom is -0.632 e. The van der Waals surface area contributed by atoms with Crippen molar-refractivity contribution in [1.82, 2.24) is 10.2 Å². The lowest BCUT2D eigenvalue weighted by molar-refractivity contribution is -0.694. The van der Waals surface area contributed by atoms with Gasteiger partial charge < -0.3 is 15.1 Å². The van der Waals surface area contributed by atoms with Crippen molar-refractivity contribution in [2.45, 2.75) is 44.3 Å². The van der Waals surface area contributed by atoms with Gasteiger partial charge in [0, 0.05) is 47.6 Å². The minimum absolute atomic E-state index is 0.148. The van der Waals surface area contributed by atoms with Gasteiger partial charge in [-0.1, -0.05) is 109 Å². The molecule has 0 spiro atoms. The predicted molar refractivity (Wildman–Crippen MR) is 257 cm³/mol. The van der Waals surface area contributed by atoms with Crippen LogP contribution in [0.1, 0.15) is 53.0 Å². The maximum atomic E-state index is 13.6. The number of hydrogen-bond acceptors (Lipinski definition) is 8. The Hall–Kier alpha value is -5.85. The highest BCUT2D eigenvalue weighted by atomic mass is 32.2. The topological polar surface area (TPSA) is 124 Å². The van der Waals surface area contributed by atoms with Crippen molar-refractivity contribution in [3.63, 3.8) is 0 Å².